The monoisotopic (exact) mass is 643 g/mol. The van der Waals surface area contributed by atoms with Crippen LogP contribution in [0, 0.1) is 27.7 Å². The summed E-state index contributed by atoms with van der Waals surface area (Å²) in [7, 11) is 0. The molecule has 0 unspecified atom stereocenters. The summed E-state index contributed by atoms with van der Waals surface area (Å²) in [6.45, 7) is 7.63. The summed E-state index contributed by atoms with van der Waals surface area (Å²) in [5, 5.41) is 25.6. The molecule has 8 N–H and O–H groups in total. The third kappa shape index (κ3) is 8.68. The summed E-state index contributed by atoms with van der Waals surface area (Å²) in [5.74, 6) is -1.98. The van der Waals surface area contributed by atoms with Crippen LogP contribution in [0.2, 0.25) is 0 Å². The Bertz CT molecular complexity index is 1600. The molecule has 1 saturated heterocycles. The Balaban J connectivity index is 1.55. The van der Waals surface area contributed by atoms with Crippen molar-refractivity contribution in [2.75, 3.05) is 6.54 Å². The van der Waals surface area contributed by atoms with Crippen molar-refractivity contribution in [3.63, 3.8) is 0 Å². The minimum atomic E-state index is -1.12. The van der Waals surface area contributed by atoms with E-state index in [4.69, 9.17) is 11.5 Å². The standard InChI is InChI=1S/C36H45N5O6/c1-20-13-25(42)14-21(2)27(20)18-29(37)36(47)41-12-8-11-32(41)35(46)40-31(19-28-22(3)15-26(43)16-23(28)4)34(45)39-30(33(38)44)17-24-9-6-5-7-10-24/h5-7,9-10,13-16,29-32,42-43H,8,11-12,17-19,37H2,1-4H3,(H2,38,44)(H,39,45)(H,40,46)/t29-,30-,31-,32-/m0/s1. The zero-order valence-corrected chi connectivity index (χ0v) is 27.4. The number of amides is 4. The van der Waals surface area contributed by atoms with Crippen LogP contribution in [0.3, 0.4) is 0 Å². The maximum absolute atomic E-state index is 13.8. The molecular formula is C36H45N5O6. The number of carbonyl (C=O) groups is 4. The van der Waals surface area contributed by atoms with Crippen LogP contribution in [0.4, 0.5) is 0 Å². The molecule has 0 aromatic heterocycles. The molecule has 4 rings (SSSR count). The number of nitrogens with one attached hydrogen (secondary N) is 2. The SMILES string of the molecule is Cc1cc(O)cc(C)c1C[C@H](NC(=O)[C@@H]1CCCN1C(=O)[C@@H](N)Cc1c(C)cc(O)cc1C)C(=O)N[C@@H](Cc1ccccc1)C(N)=O. The molecule has 3 aromatic rings. The second-order valence-corrected chi connectivity index (χ2v) is 12.5. The van der Waals surface area contributed by atoms with Gasteiger partial charge in [-0.05, 0) is 110 Å². The molecule has 250 valence electrons. The number of phenols is 2. The summed E-state index contributed by atoms with van der Waals surface area (Å²) in [6.07, 6.45) is 1.46. The Morgan fingerprint density at radius 3 is 1.87 bits per heavy atom. The van der Waals surface area contributed by atoms with E-state index in [0.717, 1.165) is 38.9 Å². The molecule has 1 aliphatic rings. The van der Waals surface area contributed by atoms with Gasteiger partial charge in [-0.25, -0.2) is 0 Å². The second kappa shape index (κ2) is 15.1. The lowest BCUT2D eigenvalue weighted by molar-refractivity contribution is -0.140. The topological polar surface area (TPSA) is 188 Å². The Morgan fingerprint density at radius 1 is 0.809 bits per heavy atom. The largest absolute Gasteiger partial charge is 0.508 e. The van der Waals surface area contributed by atoms with E-state index in [9.17, 15) is 29.4 Å². The van der Waals surface area contributed by atoms with Gasteiger partial charge in [0.2, 0.25) is 23.6 Å². The average Bonchev–Trinajstić information content (AvgIpc) is 3.50. The lowest BCUT2D eigenvalue weighted by Gasteiger charge is -2.29. The van der Waals surface area contributed by atoms with Gasteiger partial charge >= 0.3 is 0 Å². The van der Waals surface area contributed by atoms with Crippen molar-refractivity contribution in [1.29, 1.82) is 0 Å². The van der Waals surface area contributed by atoms with Crippen LogP contribution in [0.5, 0.6) is 11.5 Å². The summed E-state index contributed by atoms with van der Waals surface area (Å²) in [5.41, 5.74) is 17.6. The Hall–Kier alpha value is -4.90. The number of hydrogen-bond acceptors (Lipinski definition) is 7. The van der Waals surface area contributed by atoms with E-state index in [1.807, 2.05) is 44.2 Å². The highest BCUT2D eigenvalue weighted by Gasteiger charge is 2.38. The summed E-state index contributed by atoms with van der Waals surface area (Å²) >= 11 is 0. The highest BCUT2D eigenvalue weighted by molar-refractivity contribution is 5.95. The number of nitrogens with zero attached hydrogens (tertiary/aromatic N) is 1. The van der Waals surface area contributed by atoms with E-state index in [1.54, 1.807) is 38.1 Å². The molecule has 0 radical (unpaired) electrons. The van der Waals surface area contributed by atoms with Crippen molar-refractivity contribution < 1.29 is 29.4 Å². The van der Waals surface area contributed by atoms with E-state index >= 15 is 0 Å². The van der Waals surface area contributed by atoms with Crippen LogP contribution in [-0.4, -0.2) is 69.5 Å². The van der Waals surface area contributed by atoms with E-state index in [2.05, 4.69) is 10.6 Å². The lowest BCUT2D eigenvalue weighted by Crippen LogP contribution is -2.58. The summed E-state index contributed by atoms with van der Waals surface area (Å²) in [6, 6.07) is 11.6. The van der Waals surface area contributed by atoms with Gasteiger partial charge in [-0.3, -0.25) is 19.2 Å². The van der Waals surface area contributed by atoms with Crippen molar-refractivity contribution in [3.05, 3.63) is 93.5 Å². The molecule has 0 spiro atoms. The Labute approximate surface area is 275 Å². The first-order valence-corrected chi connectivity index (χ1v) is 15.8. The number of primary amides is 1. The first-order chi connectivity index (χ1) is 22.2. The number of nitrogens with two attached hydrogens (primary N) is 2. The molecule has 4 atom stereocenters. The number of carbonyl (C=O) groups excluding carboxylic acids is 4. The van der Waals surface area contributed by atoms with Gasteiger partial charge in [-0.2, -0.15) is 0 Å². The van der Waals surface area contributed by atoms with Crippen molar-refractivity contribution >= 4 is 23.6 Å². The molecule has 1 aliphatic heterocycles. The van der Waals surface area contributed by atoms with Gasteiger partial charge in [0.25, 0.3) is 0 Å². The number of benzene rings is 3. The first-order valence-electron chi connectivity index (χ1n) is 15.8. The van der Waals surface area contributed by atoms with Crippen LogP contribution >= 0.6 is 0 Å². The fraction of sp³-hybridized carbons (Fsp3) is 0.389. The minimum Gasteiger partial charge on any atom is -0.508 e. The maximum atomic E-state index is 13.8. The third-order valence-electron chi connectivity index (χ3n) is 8.93. The van der Waals surface area contributed by atoms with Crippen LogP contribution < -0.4 is 22.1 Å². The quantitative estimate of drug-likeness (QED) is 0.174. The molecule has 0 aliphatic carbocycles. The predicted octanol–water partition coefficient (Wildman–Crippen LogP) is 2.13. The molecule has 3 aromatic carbocycles. The maximum Gasteiger partial charge on any atom is 0.243 e. The van der Waals surface area contributed by atoms with Gasteiger partial charge in [0, 0.05) is 19.4 Å². The number of rotatable bonds is 12. The Kier molecular flexibility index (Phi) is 11.3. The molecule has 1 fully saturated rings. The normalized spacial score (nSPS) is 16.3. The number of hydrogen-bond donors (Lipinski definition) is 6. The first kappa shape index (κ1) is 35.0. The average molecular weight is 644 g/mol. The number of aromatic hydroxyl groups is 2. The van der Waals surface area contributed by atoms with Gasteiger partial charge in [0.15, 0.2) is 0 Å². The van der Waals surface area contributed by atoms with Crippen LogP contribution in [0.25, 0.3) is 0 Å². The molecule has 11 heteroatoms. The summed E-state index contributed by atoms with van der Waals surface area (Å²) < 4.78 is 0. The molecule has 0 bridgehead atoms. The van der Waals surface area contributed by atoms with Gasteiger partial charge in [-0.15, -0.1) is 0 Å². The second-order valence-electron chi connectivity index (χ2n) is 12.5. The third-order valence-corrected chi connectivity index (χ3v) is 8.93. The van der Waals surface area contributed by atoms with Gasteiger partial charge < -0.3 is 37.2 Å². The van der Waals surface area contributed by atoms with E-state index in [-0.39, 0.29) is 36.7 Å². The number of aryl methyl sites for hydroxylation is 4. The van der Waals surface area contributed by atoms with Crippen molar-refractivity contribution in [1.82, 2.24) is 15.5 Å². The van der Waals surface area contributed by atoms with Crippen molar-refractivity contribution in [3.8, 4) is 11.5 Å². The van der Waals surface area contributed by atoms with Gasteiger partial charge in [0.05, 0.1) is 6.04 Å². The van der Waals surface area contributed by atoms with Crippen molar-refractivity contribution in [2.24, 2.45) is 11.5 Å². The predicted molar refractivity (Wildman–Crippen MR) is 178 cm³/mol. The highest BCUT2D eigenvalue weighted by Crippen LogP contribution is 2.25. The number of phenolic OH excluding ortho intramolecular Hbond substituents is 2. The zero-order chi connectivity index (χ0) is 34.4. The Morgan fingerprint density at radius 2 is 1.34 bits per heavy atom. The van der Waals surface area contributed by atoms with E-state index in [1.165, 1.54) is 4.90 Å². The minimum absolute atomic E-state index is 0.0753. The fourth-order valence-corrected chi connectivity index (χ4v) is 6.43. The summed E-state index contributed by atoms with van der Waals surface area (Å²) in [4.78, 5) is 55.1. The van der Waals surface area contributed by atoms with E-state index in [0.29, 0.717) is 19.4 Å². The van der Waals surface area contributed by atoms with Gasteiger partial charge in [0.1, 0.15) is 29.6 Å². The molecule has 1 heterocycles. The van der Waals surface area contributed by atoms with Crippen LogP contribution in [-0.2, 0) is 38.4 Å². The smallest absolute Gasteiger partial charge is 0.243 e. The van der Waals surface area contributed by atoms with Gasteiger partial charge in [-0.1, -0.05) is 30.3 Å². The number of likely N-dealkylation sites (tertiary alicyclic amines) is 1. The van der Waals surface area contributed by atoms with E-state index < -0.39 is 41.9 Å². The zero-order valence-electron chi connectivity index (χ0n) is 27.4. The molecule has 47 heavy (non-hydrogen) atoms. The molecule has 0 saturated carbocycles. The lowest BCUT2D eigenvalue weighted by atomic mass is 9.94. The highest BCUT2D eigenvalue weighted by atomic mass is 16.3. The van der Waals surface area contributed by atoms with Crippen molar-refractivity contribution in [2.45, 2.75) is 84.0 Å². The molecule has 4 amide bonds. The fourth-order valence-electron chi connectivity index (χ4n) is 6.43. The molecule has 11 nitrogen and oxygen atoms in total. The van der Waals surface area contributed by atoms with Crippen LogP contribution in [0.15, 0.2) is 54.6 Å². The van der Waals surface area contributed by atoms with Crippen LogP contribution in [0.1, 0.15) is 51.8 Å². The molecular weight excluding hydrogens is 598 g/mol.